The van der Waals surface area contributed by atoms with Crippen LogP contribution >= 0.6 is 11.3 Å². The van der Waals surface area contributed by atoms with Crippen LogP contribution in [0.25, 0.3) is 11.3 Å². The minimum Gasteiger partial charge on any atom is -0.494 e. The van der Waals surface area contributed by atoms with Gasteiger partial charge in [0, 0.05) is 10.9 Å². The van der Waals surface area contributed by atoms with E-state index >= 15 is 0 Å². The highest BCUT2D eigenvalue weighted by Gasteiger charge is 2.09. The first kappa shape index (κ1) is 15.6. The van der Waals surface area contributed by atoms with Crippen molar-refractivity contribution in [2.24, 2.45) is 0 Å². The van der Waals surface area contributed by atoms with Crippen LogP contribution in [0.2, 0.25) is 0 Å². The third kappa shape index (κ3) is 3.90. The number of aromatic nitrogens is 1. The van der Waals surface area contributed by atoms with Gasteiger partial charge in [0.1, 0.15) is 5.75 Å². The Morgan fingerprint density at radius 1 is 1.09 bits per heavy atom. The third-order valence-corrected chi connectivity index (χ3v) is 4.38. The highest BCUT2D eigenvalue weighted by molar-refractivity contribution is 7.14. The fraction of sp³-hybridized carbons (Fsp3) is 0.211. The lowest BCUT2D eigenvalue weighted by atomic mass is 10.1. The molecule has 0 saturated carbocycles. The van der Waals surface area contributed by atoms with Crippen LogP contribution in [0.1, 0.15) is 25.5 Å². The molecule has 0 radical (unpaired) electrons. The summed E-state index contributed by atoms with van der Waals surface area (Å²) in [7, 11) is 0. The van der Waals surface area contributed by atoms with E-state index in [0.29, 0.717) is 6.61 Å². The Kier molecular flexibility index (Phi) is 4.93. The molecule has 0 amide bonds. The summed E-state index contributed by atoms with van der Waals surface area (Å²) in [5.74, 6) is 0.891. The van der Waals surface area contributed by atoms with Crippen LogP contribution in [-0.2, 0) is 0 Å². The SMILES string of the molecule is CCOc1ccc(-c2csc(N[C@@H](C)c3ccccc3)n2)cc1. The van der Waals surface area contributed by atoms with E-state index in [1.54, 1.807) is 11.3 Å². The van der Waals surface area contributed by atoms with Crippen molar-refractivity contribution in [2.45, 2.75) is 19.9 Å². The van der Waals surface area contributed by atoms with Gasteiger partial charge < -0.3 is 10.1 Å². The average Bonchev–Trinajstić information content (AvgIpc) is 3.05. The van der Waals surface area contributed by atoms with E-state index in [1.165, 1.54) is 5.56 Å². The number of anilines is 1. The number of hydrogen-bond acceptors (Lipinski definition) is 4. The van der Waals surface area contributed by atoms with Crippen LogP contribution in [0, 0.1) is 0 Å². The molecule has 0 aliphatic rings. The van der Waals surface area contributed by atoms with Gasteiger partial charge in [-0.1, -0.05) is 30.3 Å². The molecule has 3 aromatic rings. The van der Waals surface area contributed by atoms with E-state index in [4.69, 9.17) is 4.74 Å². The van der Waals surface area contributed by atoms with Crippen molar-refractivity contribution in [1.29, 1.82) is 0 Å². The van der Waals surface area contributed by atoms with Crippen molar-refractivity contribution in [3.8, 4) is 17.0 Å². The number of nitrogens with zero attached hydrogens (tertiary/aromatic N) is 1. The molecule has 0 saturated heterocycles. The van der Waals surface area contributed by atoms with Crippen molar-refractivity contribution in [1.82, 2.24) is 4.98 Å². The Hall–Kier alpha value is -2.33. The van der Waals surface area contributed by atoms with Gasteiger partial charge >= 0.3 is 0 Å². The molecule has 1 heterocycles. The molecule has 0 spiro atoms. The maximum atomic E-state index is 5.47. The van der Waals surface area contributed by atoms with Crippen LogP contribution in [0.15, 0.2) is 60.0 Å². The normalized spacial score (nSPS) is 11.9. The number of nitrogens with one attached hydrogen (secondary N) is 1. The van der Waals surface area contributed by atoms with E-state index in [2.05, 4.69) is 46.9 Å². The molecular weight excluding hydrogens is 304 g/mol. The number of ether oxygens (including phenoxy) is 1. The highest BCUT2D eigenvalue weighted by atomic mass is 32.1. The van der Waals surface area contributed by atoms with E-state index in [9.17, 15) is 0 Å². The predicted octanol–water partition coefficient (Wildman–Crippen LogP) is 5.38. The first-order valence-electron chi connectivity index (χ1n) is 7.76. The Bertz CT molecular complexity index is 738. The molecule has 0 aliphatic heterocycles. The standard InChI is InChI=1S/C19H20N2OS/c1-3-22-17-11-9-16(10-12-17)18-13-23-19(21-18)20-14(2)15-7-5-4-6-8-15/h4-14H,3H2,1-2H3,(H,20,21)/t14-/m0/s1. The molecule has 1 aromatic heterocycles. The van der Waals surface area contributed by atoms with Gasteiger partial charge in [0.2, 0.25) is 0 Å². The molecule has 0 unspecified atom stereocenters. The minimum atomic E-state index is 0.232. The molecule has 4 heteroatoms. The monoisotopic (exact) mass is 324 g/mol. The predicted molar refractivity (Wildman–Crippen MR) is 97.2 cm³/mol. The van der Waals surface area contributed by atoms with E-state index in [0.717, 1.165) is 22.1 Å². The largest absolute Gasteiger partial charge is 0.494 e. The summed E-state index contributed by atoms with van der Waals surface area (Å²) in [5, 5.41) is 6.48. The maximum Gasteiger partial charge on any atom is 0.183 e. The molecule has 2 aromatic carbocycles. The molecule has 3 nitrogen and oxygen atoms in total. The second kappa shape index (κ2) is 7.29. The molecule has 0 aliphatic carbocycles. The van der Waals surface area contributed by atoms with Gasteiger partial charge in [0.25, 0.3) is 0 Å². The molecule has 1 N–H and O–H groups in total. The first-order chi connectivity index (χ1) is 11.3. The van der Waals surface area contributed by atoms with Crippen molar-refractivity contribution in [3.63, 3.8) is 0 Å². The second-order valence-corrected chi connectivity index (χ2v) is 6.13. The zero-order valence-corrected chi connectivity index (χ0v) is 14.1. The summed E-state index contributed by atoms with van der Waals surface area (Å²) in [6.07, 6.45) is 0. The fourth-order valence-corrected chi connectivity index (χ4v) is 3.18. The van der Waals surface area contributed by atoms with Crippen LogP contribution in [0.5, 0.6) is 5.75 Å². The number of hydrogen-bond donors (Lipinski definition) is 1. The third-order valence-electron chi connectivity index (χ3n) is 3.60. The first-order valence-corrected chi connectivity index (χ1v) is 8.64. The van der Waals surface area contributed by atoms with Crippen LogP contribution in [-0.4, -0.2) is 11.6 Å². The van der Waals surface area contributed by atoms with Crippen molar-refractivity contribution < 1.29 is 4.74 Å². The van der Waals surface area contributed by atoms with Gasteiger partial charge in [-0.2, -0.15) is 0 Å². The van der Waals surface area contributed by atoms with E-state index < -0.39 is 0 Å². The summed E-state index contributed by atoms with van der Waals surface area (Å²) in [6.45, 7) is 4.81. The highest BCUT2D eigenvalue weighted by Crippen LogP contribution is 2.28. The number of thiazole rings is 1. The smallest absolute Gasteiger partial charge is 0.183 e. The molecule has 0 fully saturated rings. The Balaban J connectivity index is 1.70. The Morgan fingerprint density at radius 2 is 1.83 bits per heavy atom. The zero-order valence-electron chi connectivity index (χ0n) is 13.3. The van der Waals surface area contributed by atoms with Crippen LogP contribution in [0.3, 0.4) is 0 Å². The zero-order chi connectivity index (χ0) is 16.1. The van der Waals surface area contributed by atoms with Gasteiger partial charge in [-0.05, 0) is 43.7 Å². The fourth-order valence-electron chi connectivity index (χ4n) is 2.37. The van der Waals surface area contributed by atoms with Gasteiger partial charge in [-0.25, -0.2) is 4.98 Å². The van der Waals surface area contributed by atoms with Crippen molar-refractivity contribution >= 4 is 16.5 Å². The van der Waals surface area contributed by atoms with Gasteiger partial charge in [0.15, 0.2) is 5.13 Å². The molecule has 1 atom stereocenters. The molecule has 118 valence electrons. The average molecular weight is 324 g/mol. The molecule has 3 rings (SSSR count). The second-order valence-electron chi connectivity index (χ2n) is 5.27. The summed E-state index contributed by atoms with van der Waals surface area (Å²) in [5.41, 5.74) is 3.34. The van der Waals surface area contributed by atoms with Crippen LogP contribution in [0.4, 0.5) is 5.13 Å². The van der Waals surface area contributed by atoms with Crippen molar-refractivity contribution in [3.05, 3.63) is 65.5 Å². The minimum absolute atomic E-state index is 0.232. The number of rotatable bonds is 6. The summed E-state index contributed by atoms with van der Waals surface area (Å²) >= 11 is 1.63. The lowest BCUT2D eigenvalue weighted by molar-refractivity contribution is 0.340. The van der Waals surface area contributed by atoms with E-state index in [-0.39, 0.29) is 6.04 Å². The molecule has 0 bridgehead atoms. The summed E-state index contributed by atoms with van der Waals surface area (Å²) in [6, 6.07) is 18.7. The Labute approximate surface area is 141 Å². The van der Waals surface area contributed by atoms with E-state index in [1.807, 2.05) is 37.3 Å². The molecular formula is C19H20N2OS. The summed E-state index contributed by atoms with van der Waals surface area (Å²) in [4.78, 5) is 4.69. The lowest BCUT2D eigenvalue weighted by Gasteiger charge is -2.12. The Morgan fingerprint density at radius 3 is 2.52 bits per heavy atom. The quantitative estimate of drug-likeness (QED) is 0.661. The maximum absolute atomic E-state index is 5.47. The van der Waals surface area contributed by atoms with Gasteiger partial charge in [0.05, 0.1) is 18.3 Å². The van der Waals surface area contributed by atoms with Crippen molar-refractivity contribution in [2.75, 3.05) is 11.9 Å². The number of benzene rings is 2. The topological polar surface area (TPSA) is 34.1 Å². The molecule has 23 heavy (non-hydrogen) atoms. The lowest BCUT2D eigenvalue weighted by Crippen LogP contribution is -2.05. The van der Waals surface area contributed by atoms with Gasteiger partial charge in [-0.3, -0.25) is 0 Å². The van der Waals surface area contributed by atoms with Gasteiger partial charge in [-0.15, -0.1) is 11.3 Å². The summed E-state index contributed by atoms with van der Waals surface area (Å²) < 4.78 is 5.47. The van der Waals surface area contributed by atoms with Crippen LogP contribution < -0.4 is 10.1 Å².